The van der Waals surface area contributed by atoms with Crippen molar-refractivity contribution in [2.45, 2.75) is 31.7 Å². The van der Waals surface area contributed by atoms with Gasteiger partial charge in [-0.3, -0.25) is 4.90 Å². The van der Waals surface area contributed by atoms with Crippen LogP contribution in [-0.2, 0) is 0 Å². The van der Waals surface area contributed by atoms with Crippen LogP contribution in [0.4, 0.5) is 0 Å². The van der Waals surface area contributed by atoms with Gasteiger partial charge in [-0.1, -0.05) is 22.4 Å². The average molecular weight is 275 g/mol. The molecule has 2 unspecified atom stereocenters. The summed E-state index contributed by atoms with van der Waals surface area (Å²) in [6, 6.07) is 0.810. The Labute approximate surface area is 102 Å². The summed E-state index contributed by atoms with van der Waals surface area (Å²) < 4.78 is 0. The van der Waals surface area contributed by atoms with Gasteiger partial charge in [0.1, 0.15) is 0 Å². The third kappa shape index (κ3) is 3.18. The standard InChI is InChI=1S/C12H23BrN2/c1-14-7-5-11(9-14)10-15-6-3-2-4-12(15)8-13/h11-12H,2-10H2,1H3. The minimum Gasteiger partial charge on any atom is -0.306 e. The first-order chi connectivity index (χ1) is 7.29. The summed E-state index contributed by atoms with van der Waals surface area (Å²) in [5.74, 6) is 0.926. The number of nitrogens with zero attached hydrogens (tertiary/aromatic N) is 2. The molecule has 15 heavy (non-hydrogen) atoms. The molecule has 2 aliphatic rings. The highest BCUT2D eigenvalue weighted by atomic mass is 79.9. The number of halogens is 1. The van der Waals surface area contributed by atoms with Gasteiger partial charge in [0.25, 0.3) is 0 Å². The Kier molecular flexibility index (Phi) is 4.47. The van der Waals surface area contributed by atoms with Crippen molar-refractivity contribution < 1.29 is 0 Å². The first kappa shape index (κ1) is 11.9. The predicted octanol–water partition coefficient (Wildman–Crippen LogP) is 2.19. The van der Waals surface area contributed by atoms with Crippen molar-refractivity contribution in [3.8, 4) is 0 Å². The second kappa shape index (κ2) is 5.65. The molecule has 88 valence electrons. The van der Waals surface area contributed by atoms with Crippen LogP contribution in [0.2, 0.25) is 0 Å². The topological polar surface area (TPSA) is 6.48 Å². The Hall–Kier alpha value is 0.400. The summed E-state index contributed by atoms with van der Waals surface area (Å²) in [6.45, 7) is 5.28. The minimum absolute atomic E-state index is 0.810. The number of likely N-dealkylation sites (tertiary alicyclic amines) is 2. The van der Waals surface area contributed by atoms with E-state index in [0.717, 1.165) is 17.3 Å². The molecule has 3 heteroatoms. The fraction of sp³-hybridized carbons (Fsp3) is 1.00. The molecule has 2 nitrogen and oxygen atoms in total. The minimum atomic E-state index is 0.810. The van der Waals surface area contributed by atoms with E-state index in [0.29, 0.717) is 0 Å². The first-order valence-electron chi connectivity index (χ1n) is 6.28. The fourth-order valence-corrected chi connectivity index (χ4v) is 3.72. The maximum Gasteiger partial charge on any atom is 0.0192 e. The maximum atomic E-state index is 3.66. The molecule has 0 aromatic heterocycles. The van der Waals surface area contributed by atoms with Gasteiger partial charge in [0.2, 0.25) is 0 Å². The number of hydrogen-bond acceptors (Lipinski definition) is 2. The predicted molar refractivity (Wildman–Crippen MR) is 68.6 cm³/mol. The number of piperidine rings is 1. The van der Waals surface area contributed by atoms with Crippen LogP contribution >= 0.6 is 15.9 Å². The summed E-state index contributed by atoms with van der Waals surface area (Å²) >= 11 is 3.66. The molecule has 2 saturated heterocycles. The molecule has 0 amide bonds. The Morgan fingerprint density at radius 2 is 2.07 bits per heavy atom. The lowest BCUT2D eigenvalue weighted by atomic mass is 10.0. The SMILES string of the molecule is CN1CCC(CN2CCCCC2CBr)C1. The summed E-state index contributed by atoms with van der Waals surface area (Å²) in [4.78, 5) is 5.19. The Bertz CT molecular complexity index is 198. The van der Waals surface area contributed by atoms with Crippen LogP contribution in [0.3, 0.4) is 0 Å². The molecule has 0 aliphatic carbocycles. The van der Waals surface area contributed by atoms with Gasteiger partial charge in [0.15, 0.2) is 0 Å². The smallest absolute Gasteiger partial charge is 0.0192 e. The maximum absolute atomic E-state index is 3.66. The quantitative estimate of drug-likeness (QED) is 0.728. The zero-order valence-corrected chi connectivity index (χ0v) is 11.4. The monoisotopic (exact) mass is 274 g/mol. The first-order valence-corrected chi connectivity index (χ1v) is 7.40. The third-order valence-corrected chi connectivity index (χ3v) is 4.66. The van der Waals surface area contributed by atoms with E-state index < -0.39 is 0 Å². The normalized spacial score (nSPS) is 34.8. The highest BCUT2D eigenvalue weighted by molar-refractivity contribution is 9.09. The van der Waals surface area contributed by atoms with E-state index in [1.807, 2.05) is 0 Å². The second-order valence-electron chi connectivity index (χ2n) is 5.22. The van der Waals surface area contributed by atoms with Gasteiger partial charge in [0.05, 0.1) is 0 Å². The largest absolute Gasteiger partial charge is 0.306 e. The molecule has 0 radical (unpaired) electrons. The van der Waals surface area contributed by atoms with Crippen molar-refractivity contribution in [3.05, 3.63) is 0 Å². The van der Waals surface area contributed by atoms with Crippen LogP contribution in [0.5, 0.6) is 0 Å². The number of hydrogen-bond donors (Lipinski definition) is 0. The van der Waals surface area contributed by atoms with Crippen molar-refractivity contribution in [3.63, 3.8) is 0 Å². The summed E-state index contributed by atoms with van der Waals surface area (Å²) in [5.41, 5.74) is 0. The van der Waals surface area contributed by atoms with E-state index in [2.05, 4.69) is 32.8 Å². The van der Waals surface area contributed by atoms with Gasteiger partial charge in [-0.2, -0.15) is 0 Å². The lowest BCUT2D eigenvalue weighted by Crippen LogP contribution is -2.43. The molecule has 2 rings (SSSR count). The van der Waals surface area contributed by atoms with E-state index in [4.69, 9.17) is 0 Å². The van der Waals surface area contributed by atoms with Crippen molar-refractivity contribution in [1.29, 1.82) is 0 Å². The molecule has 0 aromatic carbocycles. The molecule has 2 heterocycles. The van der Waals surface area contributed by atoms with E-state index in [1.165, 1.54) is 51.9 Å². The third-order valence-electron chi connectivity index (χ3n) is 3.91. The van der Waals surface area contributed by atoms with Crippen molar-refractivity contribution in [2.24, 2.45) is 5.92 Å². The molecular weight excluding hydrogens is 252 g/mol. The molecular formula is C12H23BrN2. The summed E-state index contributed by atoms with van der Waals surface area (Å²) in [6.07, 6.45) is 5.64. The molecule has 2 fully saturated rings. The lowest BCUT2D eigenvalue weighted by molar-refractivity contribution is 0.141. The van der Waals surface area contributed by atoms with Crippen LogP contribution in [-0.4, -0.2) is 54.4 Å². The van der Waals surface area contributed by atoms with Crippen molar-refractivity contribution >= 4 is 15.9 Å². The molecule has 0 N–H and O–H groups in total. The molecule has 0 bridgehead atoms. The van der Waals surface area contributed by atoms with E-state index >= 15 is 0 Å². The zero-order chi connectivity index (χ0) is 10.7. The van der Waals surface area contributed by atoms with Crippen LogP contribution in [0.1, 0.15) is 25.7 Å². The Balaban J connectivity index is 1.81. The number of rotatable bonds is 3. The van der Waals surface area contributed by atoms with Gasteiger partial charge in [-0.05, 0) is 45.3 Å². The van der Waals surface area contributed by atoms with Gasteiger partial charge in [-0.25, -0.2) is 0 Å². The Morgan fingerprint density at radius 3 is 2.73 bits per heavy atom. The molecule has 0 saturated carbocycles. The van der Waals surface area contributed by atoms with Crippen LogP contribution < -0.4 is 0 Å². The fourth-order valence-electron chi connectivity index (χ4n) is 2.98. The van der Waals surface area contributed by atoms with Crippen LogP contribution in [0.15, 0.2) is 0 Å². The molecule has 2 atom stereocenters. The molecule has 0 spiro atoms. The molecule has 2 aliphatic heterocycles. The van der Waals surface area contributed by atoms with Crippen molar-refractivity contribution in [2.75, 3.05) is 38.6 Å². The second-order valence-corrected chi connectivity index (χ2v) is 5.86. The van der Waals surface area contributed by atoms with Gasteiger partial charge >= 0.3 is 0 Å². The summed E-state index contributed by atoms with van der Waals surface area (Å²) in [7, 11) is 2.25. The number of alkyl halides is 1. The zero-order valence-electron chi connectivity index (χ0n) is 9.79. The highest BCUT2D eigenvalue weighted by Crippen LogP contribution is 2.23. The van der Waals surface area contributed by atoms with Crippen LogP contribution in [0.25, 0.3) is 0 Å². The van der Waals surface area contributed by atoms with E-state index in [-0.39, 0.29) is 0 Å². The van der Waals surface area contributed by atoms with Gasteiger partial charge < -0.3 is 4.90 Å². The van der Waals surface area contributed by atoms with Crippen molar-refractivity contribution in [1.82, 2.24) is 9.80 Å². The average Bonchev–Trinajstić information content (AvgIpc) is 2.65. The summed E-state index contributed by atoms with van der Waals surface area (Å²) in [5, 5.41) is 1.16. The van der Waals surface area contributed by atoms with Gasteiger partial charge in [-0.15, -0.1) is 0 Å². The highest BCUT2D eigenvalue weighted by Gasteiger charge is 2.26. The van der Waals surface area contributed by atoms with E-state index in [9.17, 15) is 0 Å². The Morgan fingerprint density at radius 1 is 1.20 bits per heavy atom. The van der Waals surface area contributed by atoms with Crippen LogP contribution in [0, 0.1) is 5.92 Å². The van der Waals surface area contributed by atoms with E-state index in [1.54, 1.807) is 0 Å². The molecule has 0 aromatic rings. The lowest BCUT2D eigenvalue weighted by Gasteiger charge is -2.36. The van der Waals surface area contributed by atoms with Gasteiger partial charge in [0, 0.05) is 24.5 Å².